The van der Waals surface area contributed by atoms with Gasteiger partial charge in [-0.05, 0) is 63.7 Å². The molecule has 8 nitrogen and oxygen atoms in total. The van der Waals surface area contributed by atoms with Crippen molar-refractivity contribution in [1.29, 1.82) is 0 Å². The molecule has 34 heavy (non-hydrogen) atoms. The molecule has 0 bridgehead atoms. The van der Waals surface area contributed by atoms with E-state index in [1.54, 1.807) is 0 Å². The number of hydrogen-bond donors (Lipinski definition) is 2. The number of rotatable bonds is 4. The van der Waals surface area contributed by atoms with Crippen LogP contribution in [-0.2, 0) is 11.2 Å². The first-order valence-electron chi connectivity index (χ1n) is 12.0. The summed E-state index contributed by atoms with van der Waals surface area (Å²) >= 11 is 0. The Morgan fingerprint density at radius 3 is 2.76 bits per heavy atom. The fraction of sp³-hybridized carbons (Fsp3) is 0.500. The number of aryl methyl sites for hydroxylation is 1. The van der Waals surface area contributed by atoms with Crippen LogP contribution in [0.4, 0.5) is 22.2 Å². The summed E-state index contributed by atoms with van der Waals surface area (Å²) < 4.78 is 11.6. The number of benzene rings is 1. The number of ether oxygens (including phenoxy) is 2. The summed E-state index contributed by atoms with van der Waals surface area (Å²) in [5.74, 6) is 3.09. The maximum absolute atomic E-state index is 12.5. The molecule has 2 N–H and O–H groups in total. The highest BCUT2D eigenvalue weighted by molar-refractivity contribution is 5.79. The van der Waals surface area contributed by atoms with Gasteiger partial charge >= 0.3 is 6.09 Å². The zero-order valence-corrected chi connectivity index (χ0v) is 20.6. The second-order valence-corrected chi connectivity index (χ2v) is 10.4. The van der Waals surface area contributed by atoms with E-state index in [1.165, 1.54) is 11.1 Å². The lowest BCUT2D eigenvalue weighted by Crippen LogP contribution is -2.35. The van der Waals surface area contributed by atoms with Crippen LogP contribution in [0, 0.1) is 18.8 Å². The van der Waals surface area contributed by atoms with Gasteiger partial charge < -0.3 is 25.0 Å². The molecule has 1 amide bonds. The van der Waals surface area contributed by atoms with E-state index in [4.69, 9.17) is 9.47 Å². The molecule has 1 aromatic carbocycles. The largest absolute Gasteiger partial charge is 0.492 e. The van der Waals surface area contributed by atoms with Crippen molar-refractivity contribution >= 4 is 29.1 Å². The van der Waals surface area contributed by atoms with Gasteiger partial charge in [-0.3, -0.25) is 0 Å². The summed E-state index contributed by atoms with van der Waals surface area (Å²) in [6, 6.07) is 6.19. The van der Waals surface area contributed by atoms with E-state index in [1.807, 2.05) is 45.7 Å². The second-order valence-electron chi connectivity index (χ2n) is 10.4. The fourth-order valence-corrected chi connectivity index (χ4v) is 5.09. The summed E-state index contributed by atoms with van der Waals surface area (Å²) in [4.78, 5) is 23.4. The Morgan fingerprint density at radius 1 is 1.21 bits per heavy atom. The molecule has 1 aliphatic carbocycles. The zero-order chi connectivity index (χ0) is 24.0. The predicted molar refractivity (Wildman–Crippen MR) is 133 cm³/mol. The first-order chi connectivity index (χ1) is 16.2. The highest BCUT2D eigenvalue weighted by atomic mass is 16.6. The van der Waals surface area contributed by atoms with E-state index < -0.39 is 5.60 Å². The molecular formula is C26H33N5O3. The summed E-state index contributed by atoms with van der Waals surface area (Å²) in [6.45, 7) is 9.80. The Balaban J connectivity index is 1.38. The van der Waals surface area contributed by atoms with Crippen molar-refractivity contribution in [3.8, 4) is 5.75 Å². The summed E-state index contributed by atoms with van der Waals surface area (Å²) in [5, 5.41) is 6.47. The number of hydrogen-bond acceptors (Lipinski definition) is 7. The van der Waals surface area contributed by atoms with Gasteiger partial charge in [0.15, 0.2) is 0 Å². The van der Waals surface area contributed by atoms with Crippen LogP contribution in [0.3, 0.4) is 0 Å². The van der Waals surface area contributed by atoms with E-state index in [2.05, 4.69) is 38.8 Å². The van der Waals surface area contributed by atoms with Crippen molar-refractivity contribution in [2.24, 2.45) is 11.8 Å². The second kappa shape index (κ2) is 8.49. The van der Waals surface area contributed by atoms with Gasteiger partial charge in [-0.15, -0.1) is 0 Å². The molecule has 180 valence electrons. The van der Waals surface area contributed by atoms with Gasteiger partial charge in [-0.1, -0.05) is 6.08 Å². The number of likely N-dealkylation sites (tertiary alicyclic amines) is 1. The molecule has 5 rings (SSSR count). The number of nitrogens with zero attached hydrogens (tertiary/aromatic N) is 3. The van der Waals surface area contributed by atoms with Crippen LogP contribution in [0.1, 0.15) is 44.0 Å². The van der Waals surface area contributed by atoms with E-state index in [0.29, 0.717) is 30.9 Å². The minimum Gasteiger partial charge on any atom is -0.492 e. The van der Waals surface area contributed by atoms with E-state index in [9.17, 15) is 4.79 Å². The summed E-state index contributed by atoms with van der Waals surface area (Å²) in [5.41, 5.74) is 5.01. The maximum atomic E-state index is 12.5. The molecule has 2 aromatic rings. The van der Waals surface area contributed by atoms with Crippen LogP contribution in [0.25, 0.3) is 5.57 Å². The molecule has 8 heteroatoms. The normalized spacial score (nSPS) is 21.0. The number of carbonyl (C=O) groups excluding carboxylic acids is 1. The summed E-state index contributed by atoms with van der Waals surface area (Å²) in [6.07, 6.45) is 3.93. The molecule has 3 aliphatic rings. The molecule has 2 aliphatic heterocycles. The maximum Gasteiger partial charge on any atom is 0.410 e. The van der Waals surface area contributed by atoms with Crippen LogP contribution < -0.4 is 15.4 Å². The van der Waals surface area contributed by atoms with Crippen LogP contribution in [0.5, 0.6) is 5.75 Å². The Kier molecular flexibility index (Phi) is 5.62. The molecule has 0 spiro atoms. The van der Waals surface area contributed by atoms with E-state index >= 15 is 0 Å². The van der Waals surface area contributed by atoms with Crippen molar-refractivity contribution in [3.05, 3.63) is 41.1 Å². The lowest BCUT2D eigenvalue weighted by atomic mass is 9.96. The van der Waals surface area contributed by atoms with Gasteiger partial charge in [-0.25, -0.2) is 9.78 Å². The number of fused-ring (bicyclic) bond motifs is 2. The number of carbonyl (C=O) groups is 1. The Bertz CT molecular complexity index is 1150. The number of aromatic nitrogens is 2. The van der Waals surface area contributed by atoms with Crippen LogP contribution in [0.15, 0.2) is 24.3 Å². The van der Waals surface area contributed by atoms with Crippen LogP contribution in [-0.4, -0.2) is 53.3 Å². The minimum atomic E-state index is -0.476. The van der Waals surface area contributed by atoms with Crippen LogP contribution >= 0.6 is 0 Å². The fourth-order valence-electron chi connectivity index (χ4n) is 5.09. The van der Waals surface area contributed by atoms with Crippen molar-refractivity contribution in [2.45, 2.75) is 46.1 Å². The first kappa shape index (κ1) is 22.5. The van der Waals surface area contributed by atoms with Crippen molar-refractivity contribution in [3.63, 3.8) is 0 Å². The number of allylic oxidation sites excluding steroid dienone is 1. The Labute approximate surface area is 200 Å². The third-order valence-corrected chi connectivity index (χ3v) is 6.54. The highest BCUT2D eigenvalue weighted by Crippen LogP contribution is 2.46. The molecule has 1 aromatic heterocycles. The van der Waals surface area contributed by atoms with Gasteiger partial charge in [0.25, 0.3) is 0 Å². The van der Waals surface area contributed by atoms with E-state index in [0.717, 1.165) is 47.9 Å². The highest BCUT2D eigenvalue weighted by Gasteiger charge is 2.40. The van der Waals surface area contributed by atoms with Gasteiger partial charge in [0.2, 0.25) is 5.95 Å². The average Bonchev–Trinajstić information content (AvgIpc) is 3.46. The molecular weight excluding hydrogens is 430 g/mol. The molecule has 2 atom stereocenters. The van der Waals surface area contributed by atoms with Gasteiger partial charge in [0.1, 0.15) is 17.2 Å². The number of anilines is 3. The van der Waals surface area contributed by atoms with Gasteiger partial charge in [0, 0.05) is 55.1 Å². The molecule has 1 fully saturated rings. The first-order valence-corrected chi connectivity index (χ1v) is 12.0. The zero-order valence-electron chi connectivity index (χ0n) is 20.6. The van der Waals surface area contributed by atoms with Crippen molar-refractivity contribution < 1.29 is 14.3 Å². The van der Waals surface area contributed by atoms with Crippen molar-refractivity contribution in [2.75, 3.05) is 37.4 Å². The lowest BCUT2D eigenvalue weighted by Gasteiger charge is -2.24. The molecule has 0 radical (unpaired) electrons. The third-order valence-electron chi connectivity index (χ3n) is 6.54. The molecule has 1 saturated heterocycles. The van der Waals surface area contributed by atoms with E-state index in [-0.39, 0.29) is 6.09 Å². The van der Waals surface area contributed by atoms with Gasteiger partial charge in [-0.2, -0.15) is 4.98 Å². The number of amides is 1. The van der Waals surface area contributed by atoms with Crippen LogP contribution in [0.2, 0.25) is 0 Å². The summed E-state index contributed by atoms with van der Waals surface area (Å²) in [7, 11) is 1.85. The molecule has 1 unspecified atom stereocenters. The number of nitrogens with one attached hydrogen (secondary N) is 2. The lowest BCUT2D eigenvalue weighted by molar-refractivity contribution is 0.0285. The Hall–Kier alpha value is -3.29. The standard InChI is InChI=1S/C26H33N5O3/c1-15-8-22(27-5)30-24(28-15)29-20-11-16-6-7-33-23(16)21(12-20)17-9-18-13-31(14-19(18)10-17)25(32)34-26(2,3)4/h8-9,11-12,18-19H,6-7,10,13-14H2,1-5H3,(H2,27,28,29,30)/t18?,19-/m1/s1. The topological polar surface area (TPSA) is 88.6 Å². The smallest absolute Gasteiger partial charge is 0.410 e. The van der Waals surface area contributed by atoms with Crippen molar-refractivity contribution in [1.82, 2.24) is 14.9 Å². The van der Waals surface area contributed by atoms with Gasteiger partial charge in [0.05, 0.1) is 6.61 Å². The quantitative estimate of drug-likeness (QED) is 0.675. The molecule has 0 saturated carbocycles. The minimum absolute atomic E-state index is 0.216. The Morgan fingerprint density at radius 2 is 2.03 bits per heavy atom. The predicted octanol–water partition coefficient (Wildman–Crippen LogP) is 4.78. The SMILES string of the molecule is CNc1cc(C)nc(Nc2cc3c(c(C4=CC5CN(C(=O)OC(C)(C)C)C[C@H]5C4)c2)OCC3)n1. The average molecular weight is 464 g/mol. The monoisotopic (exact) mass is 463 g/mol. The molecule has 3 heterocycles. The third kappa shape index (κ3) is 4.54.